The van der Waals surface area contributed by atoms with Crippen molar-refractivity contribution in [1.29, 1.82) is 0 Å². The Morgan fingerprint density at radius 3 is 2.93 bits per heavy atom. The molecule has 0 fully saturated rings. The minimum Gasteiger partial charge on any atom is -0.343 e. The highest BCUT2D eigenvalue weighted by Gasteiger charge is 2.07. The van der Waals surface area contributed by atoms with E-state index in [1.807, 2.05) is 22.9 Å². The van der Waals surface area contributed by atoms with Crippen LogP contribution in [0.1, 0.15) is 10.4 Å². The van der Waals surface area contributed by atoms with E-state index in [0.29, 0.717) is 17.1 Å². The van der Waals surface area contributed by atoms with E-state index in [9.17, 15) is 4.79 Å². The molecule has 0 saturated carbocycles. The number of carbonyl (C=O) groups is 1. The van der Waals surface area contributed by atoms with E-state index in [-0.39, 0.29) is 0 Å². The molecule has 0 unspecified atom stereocenters. The summed E-state index contributed by atoms with van der Waals surface area (Å²) in [5.41, 5.74) is 1.66. The van der Waals surface area contributed by atoms with Crippen molar-refractivity contribution in [2.45, 2.75) is 6.54 Å². The first kappa shape index (κ1) is 9.99. The van der Waals surface area contributed by atoms with E-state index in [1.54, 1.807) is 12.1 Å². The van der Waals surface area contributed by atoms with E-state index in [4.69, 9.17) is 11.6 Å². The molecule has 0 bridgehead atoms. The Hall–Kier alpha value is -1.54. The molecule has 2 rings (SSSR count). The van der Waals surface area contributed by atoms with Crippen LogP contribution in [0.5, 0.6) is 0 Å². The molecule has 2 aromatic rings. The van der Waals surface area contributed by atoms with Crippen molar-refractivity contribution in [3.63, 3.8) is 0 Å². The molecule has 1 aromatic heterocycles. The van der Waals surface area contributed by atoms with Gasteiger partial charge in [-0.25, -0.2) is 0 Å². The van der Waals surface area contributed by atoms with Crippen LogP contribution in [0.4, 0.5) is 0 Å². The number of nitrogens with zero attached hydrogens (tertiary/aromatic N) is 1. The molecule has 0 saturated heterocycles. The van der Waals surface area contributed by atoms with Gasteiger partial charge in [-0.05, 0) is 18.2 Å². The van der Waals surface area contributed by atoms with Crippen LogP contribution in [0.25, 0.3) is 10.9 Å². The normalized spacial score (nSPS) is 10.5. The van der Waals surface area contributed by atoms with Crippen molar-refractivity contribution < 1.29 is 4.79 Å². The van der Waals surface area contributed by atoms with Gasteiger partial charge in [-0.15, -0.1) is 6.58 Å². The fourth-order valence-electron chi connectivity index (χ4n) is 1.68. The number of rotatable bonds is 3. The van der Waals surface area contributed by atoms with Gasteiger partial charge in [0.25, 0.3) is 0 Å². The van der Waals surface area contributed by atoms with Gasteiger partial charge in [-0.3, -0.25) is 4.79 Å². The molecule has 0 spiro atoms. The molecule has 0 amide bonds. The SMILES string of the molecule is C=CCn1cc(C=O)c2cc(Cl)ccc21. The highest BCUT2D eigenvalue weighted by Crippen LogP contribution is 2.23. The van der Waals surface area contributed by atoms with Crippen molar-refractivity contribution in [3.05, 3.63) is 47.6 Å². The summed E-state index contributed by atoms with van der Waals surface area (Å²) >= 11 is 5.89. The molecule has 76 valence electrons. The van der Waals surface area contributed by atoms with Gasteiger partial charge < -0.3 is 4.57 Å². The van der Waals surface area contributed by atoms with Crippen LogP contribution < -0.4 is 0 Å². The predicted molar refractivity (Wildman–Crippen MR) is 62.5 cm³/mol. The molecule has 0 radical (unpaired) electrons. The average Bonchev–Trinajstić information content (AvgIpc) is 2.56. The minimum atomic E-state index is 0.641. The second kappa shape index (κ2) is 3.91. The number of carbonyl (C=O) groups excluding carboxylic acids is 1. The van der Waals surface area contributed by atoms with Gasteiger partial charge in [0.1, 0.15) is 0 Å². The fourth-order valence-corrected chi connectivity index (χ4v) is 1.85. The van der Waals surface area contributed by atoms with Gasteiger partial charge in [0.2, 0.25) is 0 Å². The van der Waals surface area contributed by atoms with Crippen LogP contribution in [-0.2, 0) is 6.54 Å². The zero-order valence-electron chi connectivity index (χ0n) is 8.11. The molecule has 15 heavy (non-hydrogen) atoms. The number of benzene rings is 1. The maximum absolute atomic E-state index is 10.9. The van der Waals surface area contributed by atoms with Gasteiger partial charge in [-0.2, -0.15) is 0 Å². The van der Waals surface area contributed by atoms with Gasteiger partial charge >= 0.3 is 0 Å². The van der Waals surface area contributed by atoms with Crippen LogP contribution >= 0.6 is 11.6 Å². The first-order chi connectivity index (χ1) is 7.26. The zero-order valence-corrected chi connectivity index (χ0v) is 8.87. The maximum atomic E-state index is 10.9. The average molecular weight is 220 g/mol. The van der Waals surface area contributed by atoms with Crippen molar-refractivity contribution in [2.75, 3.05) is 0 Å². The Balaban J connectivity index is 2.74. The molecule has 1 aromatic carbocycles. The summed E-state index contributed by atoms with van der Waals surface area (Å²) in [6, 6.07) is 5.53. The number of fused-ring (bicyclic) bond motifs is 1. The standard InChI is InChI=1S/C12H10ClNO/c1-2-5-14-7-9(8-15)11-6-10(13)3-4-12(11)14/h2-4,6-8H,1,5H2. The van der Waals surface area contributed by atoms with Gasteiger partial charge in [0, 0.05) is 34.2 Å². The lowest BCUT2D eigenvalue weighted by Crippen LogP contribution is -1.91. The molecule has 0 atom stereocenters. The van der Waals surface area contributed by atoms with E-state index >= 15 is 0 Å². The van der Waals surface area contributed by atoms with E-state index < -0.39 is 0 Å². The summed E-state index contributed by atoms with van der Waals surface area (Å²) in [7, 11) is 0. The Kier molecular flexibility index (Phi) is 2.60. The fraction of sp³-hybridized carbons (Fsp3) is 0.0833. The molecule has 0 aliphatic heterocycles. The van der Waals surface area contributed by atoms with Crippen LogP contribution in [0, 0.1) is 0 Å². The van der Waals surface area contributed by atoms with Gasteiger partial charge in [0.05, 0.1) is 0 Å². The number of aromatic nitrogens is 1. The minimum absolute atomic E-state index is 0.641. The van der Waals surface area contributed by atoms with E-state index in [1.165, 1.54) is 0 Å². The first-order valence-electron chi connectivity index (χ1n) is 4.60. The van der Waals surface area contributed by atoms with Crippen LogP contribution in [-0.4, -0.2) is 10.9 Å². The predicted octanol–water partition coefficient (Wildman–Crippen LogP) is 3.29. The Bertz CT molecular complexity index is 528. The van der Waals surface area contributed by atoms with Gasteiger partial charge in [-0.1, -0.05) is 17.7 Å². The summed E-state index contributed by atoms with van der Waals surface area (Å²) in [5, 5.41) is 1.53. The smallest absolute Gasteiger partial charge is 0.152 e. The Morgan fingerprint density at radius 1 is 1.47 bits per heavy atom. The number of allylic oxidation sites excluding steroid dienone is 1. The lowest BCUT2D eigenvalue weighted by Gasteiger charge is -2.00. The van der Waals surface area contributed by atoms with Crippen molar-refractivity contribution in [1.82, 2.24) is 4.57 Å². The third-order valence-electron chi connectivity index (χ3n) is 2.33. The van der Waals surface area contributed by atoms with Gasteiger partial charge in [0.15, 0.2) is 6.29 Å². The quantitative estimate of drug-likeness (QED) is 0.574. The molecule has 2 nitrogen and oxygen atoms in total. The van der Waals surface area contributed by atoms with E-state index in [0.717, 1.165) is 17.2 Å². The molecular formula is C12H10ClNO. The first-order valence-corrected chi connectivity index (χ1v) is 4.98. The van der Waals surface area contributed by atoms with Crippen molar-refractivity contribution in [2.24, 2.45) is 0 Å². The summed E-state index contributed by atoms with van der Waals surface area (Å²) in [6.07, 6.45) is 4.45. The largest absolute Gasteiger partial charge is 0.343 e. The Morgan fingerprint density at radius 2 is 2.27 bits per heavy atom. The molecular weight excluding hydrogens is 210 g/mol. The third-order valence-corrected chi connectivity index (χ3v) is 2.56. The molecule has 0 aliphatic rings. The van der Waals surface area contributed by atoms with Crippen molar-refractivity contribution in [3.8, 4) is 0 Å². The number of aldehydes is 1. The highest BCUT2D eigenvalue weighted by molar-refractivity contribution is 6.31. The Labute approximate surface area is 92.8 Å². The summed E-state index contributed by atoms with van der Waals surface area (Å²) in [6.45, 7) is 4.37. The highest BCUT2D eigenvalue weighted by atomic mass is 35.5. The molecule has 1 heterocycles. The number of hydrogen-bond acceptors (Lipinski definition) is 1. The van der Waals surface area contributed by atoms with Crippen LogP contribution in [0.15, 0.2) is 37.1 Å². The molecule has 0 N–H and O–H groups in total. The third kappa shape index (κ3) is 1.68. The molecule has 0 aliphatic carbocycles. The summed E-state index contributed by atoms with van der Waals surface area (Å²) in [5.74, 6) is 0. The van der Waals surface area contributed by atoms with E-state index in [2.05, 4.69) is 6.58 Å². The van der Waals surface area contributed by atoms with Crippen LogP contribution in [0.2, 0.25) is 5.02 Å². The lowest BCUT2D eigenvalue weighted by molar-refractivity contribution is 0.112. The van der Waals surface area contributed by atoms with Crippen LogP contribution in [0.3, 0.4) is 0 Å². The summed E-state index contributed by atoms with van der Waals surface area (Å²) < 4.78 is 1.97. The second-order valence-electron chi connectivity index (χ2n) is 3.30. The number of hydrogen-bond donors (Lipinski definition) is 0. The topological polar surface area (TPSA) is 22.0 Å². The molecule has 3 heteroatoms. The lowest BCUT2D eigenvalue weighted by atomic mass is 10.2. The van der Waals surface area contributed by atoms with Crippen molar-refractivity contribution >= 4 is 28.8 Å². The summed E-state index contributed by atoms with van der Waals surface area (Å²) in [4.78, 5) is 10.9. The second-order valence-corrected chi connectivity index (χ2v) is 3.74. The maximum Gasteiger partial charge on any atom is 0.152 e. The monoisotopic (exact) mass is 219 g/mol. The number of halogens is 1. The zero-order chi connectivity index (χ0) is 10.8.